The van der Waals surface area contributed by atoms with E-state index < -0.39 is 8.07 Å². The number of aromatic nitrogens is 1. The zero-order valence-electron chi connectivity index (χ0n) is 22.4. The summed E-state index contributed by atoms with van der Waals surface area (Å²) in [7, 11) is 0.0261. The van der Waals surface area contributed by atoms with Gasteiger partial charge in [0.2, 0.25) is 5.91 Å². The molecule has 5 nitrogen and oxygen atoms in total. The van der Waals surface area contributed by atoms with E-state index in [9.17, 15) is 9.59 Å². The Morgan fingerprint density at radius 3 is 2.36 bits per heavy atom. The van der Waals surface area contributed by atoms with Crippen LogP contribution in [0.25, 0.3) is 10.9 Å². The van der Waals surface area contributed by atoms with Crippen LogP contribution in [-0.2, 0) is 11.2 Å². The first kappa shape index (κ1) is 28.0. The lowest BCUT2D eigenvalue weighted by Gasteiger charge is -2.30. The van der Waals surface area contributed by atoms with E-state index in [-0.39, 0.29) is 23.9 Å². The Hall–Kier alpha value is -2.57. The minimum Gasteiger partial charge on any atom is -0.497 e. The number of benzene rings is 2. The highest BCUT2D eigenvalue weighted by atomic mass is 35.5. The molecule has 1 amide bonds. The molecule has 0 fully saturated rings. The normalized spacial score (nSPS) is 12.5. The van der Waals surface area contributed by atoms with Crippen molar-refractivity contribution in [1.29, 1.82) is 0 Å². The summed E-state index contributed by atoms with van der Waals surface area (Å²) in [6, 6.07) is 12.5. The molecule has 36 heavy (non-hydrogen) atoms. The van der Waals surface area contributed by atoms with Gasteiger partial charge in [0, 0.05) is 27.3 Å². The summed E-state index contributed by atoms with van der Waals surface area (Å²) in [6.45, 7) is 11.0. The number of methoxy groups -OCH3 is 1. The maximum absolute atomic E-state index is 13.5. The third-order valence-electron chi connectivity index (χ3n) is 6.90. The van der Waals surface area contributed by atoms with E-state index in [2.05, 4.69) is 31.9 Å². The fourth-order valence-electron chi connectivity index (χ4n) is 4.70. The first-order valence-electron chi connectivity index (χ1n) is 12.8. The summed E-state index contributed by atoms with van der Waals surface area (Å²) < 4.78 is 7.16. The molecule has 0 spiro atoms. The van der Waals surface area contributed by atoms with E-state index >= 15 is 0 Å². The number of nitrogens with zero attached hydrogens (tertiary/aromatic N) is 1. The van der Waals surface area contributed by atoms with Gasteiger partial charge in [-0.05, 0) is 61.4 Å². The molecule has 0 bridgehead atoms. The van der Waals surface area contributed by atoms with Crippen LogP contribution in [0.3, 0.4) is 0 Å². The van der Waals surface area contributed by atoms with Gasteiger partial charge in [0.25, 0.3) is 5.91 Å². The molecule has 0 radical (unpaired) electrons. The fraction of sp³-hybridized carbons (Fsp3) is 0.448. The Morgan fingerprint density at radius 1 is 1.06 bits per heavy atom. The van der Waals surface area contributed by atoms with E-state index in [0.717, 1.165) is 35.0 Å². The number of rotatable bonds is 11. The largest absolute Gasteiger partial charge is 0.497 e. The molecular formula is C29H39ClN2O3Si. The maximum Gasteiger partial charge on any atom is 0.262 e. The van der Waals surface area contributed by atoms with Crippen molar-refractivity contribution in [3.8, 4) is 5.75 Å². The van der Waals surface area contributed by atoms with Crippen LogP contribution in [-0.4, -0.2) is 37.2 Å². The van der Waals surface area contributed by atoms with E-state index in [1.807, 2.05) is 25.1 Å². The average molecular weight is 527 g/mol. The van der Waals surface area contributed by atoms with Crippen molar-refractivity contribution in [3.63, 3.8) is 0 Å². The van der Waals surface area contributed by atoms with Gasteiger partial charge in [-0.3, -0.25) is 14.2 Å². The summed E-state index contributed by atoms with van der Waals surface area (Å²) >= 11 is 6.03. The molecule has 1 aromatic heterocycles. The molecule has 0 aliphatic carbocycles. The highest BCUT2D eigenvalue weighted by molar-refractivity contribution is 6.77. The van der Waals surface area contributed by atoms with Gasteiger partial charge in [0.15, 0.2) is 0 Å². The molecule has 2 aromatic carbocycles. The second-order valence-corrected chi connectivity index (χ2v) is 16.5. The number of halogens is 1. The molecule has 0 saturated heterocycles. The summed E-state index contributed by atoms with van der Waals surface area (Å²) in [5.74, 6) is 0.542. The molecule has 1 atom stereocenters. The van der Waals surface area contributed by atoms with Gasteiger partial charge in [-0.15, -0.1) is 0 Å². The molecule has 194 valence electrons. The molecule has 1 N–H and O–H groups in total. The zero-order chi connectivity index (χ0) is 26.5. The van der Waals surface area contributed by atoms with Crippen LogP contribution in [0.1, 0.15) is 60.6 Å². The molecule has 0 aliphatic heterocycles. The van der Waals surface area contributed by atoms with Crippen molar-refractivity contribution < 1.29 is 14.3 Å². The minimum atomic E-state index is -1.59. The van der Waals surface area contributed by atoms with Crippen LogP contribution in [0, 0.1) is 6.92 Å². The Labute approximate surface area is 221 Å². The molecule has 1 heterocycles. The lowest BCUT2D eigenvalue weighted by molar-refractivity contribution is -0.120. The number of carbonyl (C=O) groups excluding carboxylic acids is 2. The van der Waals surface area contributed by atoms with Crippen molar-refractivity contribution in [1.82, 2.24) is 9.88 Å². The predicted molar refractivity (Wildman–Crippen MR) is 152 cm³/mol. The molecule has 1 unspecified atom stereocenters. The van der Waals surface area contributed by atoms with Crippen LogP contribution in [0.4, 0.5) is 0 Å². The molecule has 3 aromatic rings. The second kappa shape index (κ2) is 12.1. The number of carbonyl (C=O) groups is 2. The second-order valence-electron chi connectivity index (χ2n) is 10.6. The summed E-state index contributed by atoms with van der Waals surface area (Å²) in [5, 5.41) is 4.80. The van der Waals surface area contributed by atoms with Gasteiger partial charge in [0.1, 0.15) is 5.75 Å². The monoisotopic (exact) mass is 526 g/mol. The summed E-state index contributed by atoms with van der Waals surface area (Å²) in [6.07, 6.45) is 6.00. The Balaban J connectivity index is 1.94. The van der Waals surface area contributed by atoms with Gasteiger partial charge in [-0.25, -0.2) is 0 Å². The summed E-state index contributed by atoms with van der Waals surface area (Å²) in [4.78, 5) is 26.9. The maximum atomic E-state index is 13.5. The SMILES string of the molecule is CCCCCCC(NC(=O)Cc1c(C)n(C(=O)c2ccc(Cl)cc2)c2ccc(OC)cc12)[Si](C)(C)C. The van der Waals surface area contributed by atoms with E-state index in [4.69, 9.17) is 16.3 Å². The van der Waals surface area contributed by atoms with Crippen molar-refractivity contribution >= 4 is 42.4 Å². The van der Waals surface area contributed by atoms with Crippen LogP contribution >= 0.6 is 11.6 Å². The number of fused-ring (bicyclic) bond motifs is 1. The van der Waals surface area contributed by atoms with Crippen LogP contribution in [0.15, 0.2) is 42.5 Å². The van der Waals surface area contributed by atoms with E-state index in [1.54, 1.807) is 35.9 Å². The Morgan fingerprint density at radius 2 is 1.75 bits per heavy atom. The molecule has 0 aliphatic rings. The van der Waals surface area contributed by atoms with E-state index in [0.29, 0.717) is 16.3 Å². The average Bonchev–Trinajstić information content (AvgIpc) is 3.10. The third-order valence-corrected chi connectivity index (χ3v) is 9.68. The molecule has 0 saturated carbocycles. The predicted octanol–water partition coefficient (Wildman–Crippen LogP) is 7.18. The third kappa shape index (κ3) is 6.59. The van der Waals surface area contributed by atoms with Gasteiger partial charge in [-0.2, -0.15) is 0 Å². The number of ether oxygens (including phenoxy) is 1. The first-order chi connectivity index (χ1) is 17.1. The zero-order valence-corrected chi connectivity index (χ0v) is 24.2. The standard InChI is InChI=1S/C29H39ClN2O3Si/c1-7-8-9-10-11-28(36(4,5)6)31-27(33)19-24-20(2)32(26-17-16-23(35-3)18-25(24)26)29(34)21-12-14-22(30)15-13-21/h12-18,28H,7-11,19H2,1-6H3,(H,31,33). The summed E-state index contributed by atoms with van der Waals surface area (Å²) in [5.41, 5.74) is 3.14. The fourth-order valence-corrected chi connectivity index (χ4v) is 6.49. The Kier molecular flexibility index (Phi) is 9.42. The first-order valence-corrected chi connectivity index (χ1v) is 16.8. The number of amides is 1. The minimum absolute atomic E-state index is 0.00169. The molecule has 3 rings (SSSR count). The van der Waals surface area contributed by atoms with Crippen molar-refractivity contribution in [2.75, 3.05) is 7.11 Å². The van der Waals surface area contributed by atoms with Gasteiger partial charge < -0.3 is 10.1 Å². The van der Waals surface area contributed by atoms with Crippen molar-refractivity contribution in [3.05, 3.63) is 64.3 Å². The lowest BCUT2D eigenvalue weighted by Crippen LogP contribution is -2.51. The van der Waals surface area contributed by atoms with E-state index in [1.165, 1.54) is 19.3 Å². The number of hydrogen-bond acceptors (Lipinski definition) is 3. The lowest BCUT2D eigenvalue weighted by atomic mass is 10.1. The quantitative estimate of drug-likeness (QED) is 0.213. The molecule has 7 heteroatoms. The molecular weight excluding hydrogens is 488 g/mol. The van der Waals surface area contributed by atoms with Crippen LogP contribution in [0.5, 0.6) is 5.75 Å². The van der Waals surface area contributed by atoms with Crippen molar-refractivity contribution in [2.45, 2.75) is 77.7 Å². The Bertz CT molecular complexity index is 1210. The number of unbranched alkanes of at least 4 members (excludes halogenated alkanes) is 3. The number of hydrogen-bond donors (Lipinski definition) is 1. The smallest absolute Gasteiger partial charge is 0.262 e. The number of nitrogens with one attached hydrogen (secondary N) is 1. The highest BCUT2D eigenvalue weighted by Gasteiger charge is 2.29. The van der Waals surface area contributed by atoms with Gasteiger partial charge in [-0.1, -0.05) is 63.8 Å². The van der Waals surface area contributed by atoms with Crippen molar-refractivity contribution in [2.24, 2.45) is 0 Å². The highest BCUT2D eigenvalue weighted by Crippen LogP contribution is 2.31. The van der Waals surface area contributed by atoms with Gasteiger partial charge in [0.05, 0.1) is 27.1 Å². The topological polar surface area (TPSA) is 60.3 Å². The van der Waals surface area contributed by atoms with Crippen LogP contribution < -0.4 is 10.1 Å². The van der Waals surface area contributed by atoms with Crippen LogP contribution in [0.2, 0.25) is 24.7 Å². The van der Waals surface area contributed by atoms with Gasteiger partial charge >= 0.3 is 0 Å².